The Morgan fingerprint density at radius 1 is 1.09 bits per heavy atom. The van der Waals surface area contributed by atoms with E-state index in [1.807, 2.05) is 0 Å². The smallest absolute Gasteiger partial charge is 0.324 e. The first kappa shape index (κ1) is 26.7. The van der Waals surface area contributed by atoms with Crippen molar-refractivity contribution in [3.63, 3.8) is 0 Å². The molecule has 11 heteroatoms. The number of likely N-dealkylation sites (tertiary alicyclic amines) is 1. The summed E-state index contributed by atoms with van der Waals surface area (Å²) in [5.41, 5.74) is 7.73. The Morgan fingerprint density at radius 2 is 1.75 bits per heavy atom. The van der Waals surface area contributed by atoms with Gasteiger partial charge in [0, 0.05) is 34.7 Å². The van der Waals surface area contributed by atoms with Crippen LogP contribution < -0.4 is 16.4 Å². The second-order valence-electron chi connectivity index (χ2n) is 7.91. The van der Waals surface area contributed by atoms with Crippen LogP contribution in [0.2, 0.25) is 5.02 Å². The summed E-state index contributed by atoms with van der Waals surface area (Å²) >= 11 is 7.34. The largest absolute Gasteiger partial charge is 0.365 e. The predicted octanol–water partition coefficient (Wildman–Crippen LogP) is 4.44. The Morgan fingerprint density at radius 3 is 2.38 bits per heavy atom. The average molecular weight is 521 g/mol. The summed E-state index contributed by atoms with van der Waals surface area (Å²) in [5, 5.41) is 6.69. The number of thiophene rings is 1. The van der Waals surface area contributed by atoms with Gasteiger partial charge in [-0.3, -0.25) is 15.0 Å². The quantitative estimate of drug-likeness (QED) is 0.556. The number of hydrogen-bond donors (Lipinski definition) is 3. The second kappa shape index (κ2) is 11.5. The van der Waals surface area contributed by atoms with E-state index in [9.17, 15) is 9.59 Å². The number of halogens is 3. The first-order valence-electron chi connectivity index (χ1n) is 10.1. The molecule has 7 nitrogen and oxygen atoms in total. The zero-order valence-electron chi connectivity index (χ0n) is 17.7. The number of piperidine rings is 1. The molecule has 1 fully saturated rings. The molecule has 1 saturated heterocycles. The zero-order chi connectivity index (χ0) is 21.3. The highest BCUT2D eigenvalue weighted by Gasteiger charge is 2.31. The van der Waals surface area contributed by atoms with Crippen molar-refractivity contribution in [2.75, 3.05) is 37.3 Å². The van der Waals surface area contributed by atoms with Crippen LogP contribution in [0.3, 0.4) is 0 Å². The van der Waals surface area contributed by atoms with E-state index in [-0.39, 0.29) is 24.8 Å². The van der Waals surface area contributed by atoms with Crippen molar-refractivity contribution < 1.29 is 9.59 Å². The van der Waals surface area contributed by atoms with E-state index in [2.05, 4.69) is 27.5 Å². The summed E-state index contributed by atoms with van der Waals surface area (Å²) < 4.78 is 0. The molecule has 0 saturated carbocycles. The fraction of sp³-hybridized carbons (Fsp3) is 0.429. The summed E-state index contributed by atoms with van der Waals surface area (Å²) in [5.74, 6) is -0.498. The number of nitrogens with zero attached hydrogens (tertiary/aromatic N) is 2. The van der Waals surface area contributed by atoms with Gasteiger partial charge in [-0.05, 0) is 69.2 Å². The van der Waals surface area contributed by atoms with Crippen LogP contribution >= 0.6 is 47.8 Å². The Balaban J connectivity index is 0.00000181. The van der Waals surface area contributed by atoms with Crippen LogP contribution in [0.25, 0.3) is 0 Å². The van der Waals surface area contributed by atoms with Crippen LogP contribution in [0, 0.1) is 0 Å². The molecule has 32 heavy (non-hydrogen) atoms. The van der Waals surface area contributed by atoms with Gasteiger partial charge in [-0.1, -0.05) is 11.6 Å². The molecule has 0 aliphatic carbocycles. The number of fused-ring (bicyclic) bond motifs is 1. The Bertz CT molecular complexity index is 946. The number of nitrogens with one attached hydrogen (secondary N) is 2. The maximum absolute atomic E-state index is 12.5. The van der Waals surface area contributed by atoms with Gasteiger partial charge in [0.05, 0.1) is 5.56 Å². The average Bonchev–Trinajstić information content (AvgIpc) is 3.07. The van der Waals surface area contributed by atoms with Crippen LogP contribution in [0.5, 0.6) is 0 Å². The van der Waals surface area contributed by atoms with Crippen molar-refractivity contribution in [2.45, 2.75) is 31.8 Å². The molecule has 0 atom stereocenters. The maximum atomic E-state index is 12.5. The molecule has 4 N–H and O–H groups in total. The summed E-state index contributed by atoms with van der Waals surface area (Å²) in [6.07, 6.45) is 3.10. The number of amides is 3. The third-order valence-corrected chi connectivity index (χ3v) is 7.25. The first-order valence-corrected chi connectivity index (χ1v) is 11.3. The molecule has 4 rings (SSSR count). The molecule has 0 radical (unpaired) electrons. The Kier molecular flexibility index (Phi) is 9.63. The minimum Gasteiger partial charge on any atom is -0.365 e. The highest BCUT2D eigenvalue weighted by molar-refractivity contribution is 7.17. The number of primary amides is 1. The number of rotatable bonds is 4. The van der Waals surface area contributed by atoms with Crippen LogP contribution in [0.15, 0.2) is 24.3 Å². The van der Waals surface area contributed by atoms with Crippen molar-refractivity contribution in [3.8, 4) is 0 Å². The number of hydrogen-bond acceptors (Lipinski definition) is 5. The number of anilines is 2. The van der Waals surface area contributed by atoms with Crippen molar-refractivity contribution >= 4 is 70.4 Å². The van der Waals surface area contributed by atoms with E-state index in [1.165, 1.54) is 11.3 Å². The molecule has 1 aromatic carbocycles. The molecule has 0 bridgehead atoms. The fourth-order valence-corrected chi connectivity index (χ4v) is 5.64. The maximum Gasteiger partial charge on any atom is 0.324 e. The van der Waals surface area contributed by atoms with Gasteiger partial charge in [0.15, 0.2) is 0 Å². The highest BCUT2D eigenvalue weighted by atomic mass is 35.5. The first-order chi connectivity index (χ1) is 14.4. The molecule has 0 unspecified atom stereocenters. The second-order valence-corrected chi connectivity index (χ2v) is 9.45. The molecule has 3 amide bonds. The van der Waals surface area contributed by atoms with Gasteiger partial charge in [0.25, 0.3) is 5.91 Å². The summed E-state index contributed by atoms with van der Waals surface area (Å²) in [6.45, 7) is 3.94. The topological polar surface area (TPSA) is 90.7 Å². The lowest BCUT2D eigenvalue weighted by Gasteiger charge is -2.39. The number of carbonyl (C=O) groups excluding carboxylic acids is 2. The predicted molar refractivity (Wildman–Crippen MR) is 136 cm³/mol. The van der Waals surface area contributed by atoms with E-state index in [0.717, 1.165) is 55.9 Å². The molecule has 3 heterocycles. The van der Waals surface area contributed by atoms with Crippen LogP contribution in [0.1, 0.15) is 33.6 Å². The molecule has 0 spiro atoms. The van der Waals surface area contributed by atoms with Gasteiger partial charge < -0.3 is 16.0 Å². The van der Waals surface area contributed by atoms with Crippen LogP contribution in [0.4, 0.5) is 15.5 Å². The molecular weight excluding hydrogens is 493 g/mol. The minimum atomic E-state index is -0.498. The molecular formula is C21H28Cl3N5O2S. The van der Waals surface area contributed by atoms with Crippen LogP contribution in [-0.4, -0.2) is 54.5 Å². The van der Waals surface area contributed by atoms with Crippen molar-refractivity contribution in [3.05, 3.63) is 45.3 Å². The lowest BCUT2D eigenvalue weighted by atomic mass is 9.97. The minimum absolute atomic E-state index is 0. The third kappa shape index (κ3) is 6.07. The number of carbonyl (C=O) groups is 2. The lowest BCUT2D eigenvalue weighted by Crippen LogP contribution is -2.45. The van der Waals surface area contributed by atoms with E-state index >= 15 is 0 Å². The van der Waals surface area contributed by atoms with E-state index in [4.69, 9.17) is 17.3 Å². The molecule has 176 valence electrons. The van der Waals surface area contributed by atoms with E-state index < -0.39 is 11.9 Å². The zero-order valence-corrected chi connectivity index (χ0v) is 20.9. The van der Waals surface area contributed by atoms with Crippen molar-refractivity contribution in [1.82, 2.24) is 9.80 Å². The number of urea groups is 1. The Labute approximate surface area is 209 Å². The number of nitrogens with two attached hydrogens (primary N) is 1. The molecule has 2 aromatic rings. The van der Waals surface area contributed by atoms with Gasteiger partial charge in [-0.2, -0.15) is 0 Å². The van der Waals surface area contributed by atoms with Crippen molar-refractivity contribution in [2.24, 2.45) is 5.73 Å². The van der Waals surface area contributed by atoms with Crippen molar-refractivity contribution in [1.29, 1.82) is 0 Å². The monoisotopic (exact) mass is 519 g/mol. The summed E-state index contributed by atoms with van der Waals surface area (Å²) in [7, 11) is 2.16. The van der Waals surface area contributed by atoms with E-state index in [1.54, 1.807) is 24.3 Å². The van der Waals surface area contributed by atoms with Crippen LogP contribution in [-0.2, 0) is 13.0 Å². The standard InChI is InChI=1S/C21H26ClN5O2S.2ClH/c1-26-9-6-15(7-10-26)27-11-8-16-17(12-27)30-20(18(16)19(23)28)25-21(29)24-14-4-2-13(22)3-5-14;;/h2-5,15H,6-12H2,1H3,(H2,23,28)(H2,24,25,29);2*1H. The van der Waals surface area contributed by atoms with Gasteiger partial charge in [-0.15, -0.1) is 36.2 Å². The SMILES string of the molecule is CN1CCC(N2CCc3c(sc(NC(=O)Nc4ccc(Cl)cc4)c3C(N)=O)C2)CC1.Cl.Cl. The molecule has 2 aliphatic heterocycles. The third-order valence-electron chi connectivity index (χ3n) is 5.87. The molecule has 1 aromatic heterocycles. The Hall–Kier alpha value is -1.55. The number of benzene rings is 1. The van der Waals surface area contributed by atoms with Gasteiger partial charge in [-0.25, -0.2) is 4.79 Å². The normalized spacial score (nSPS) is 16.9. The highest BCUT2D eigenvalue weighted by Crippen LogP contribution is 2.38. The van der Waals surface area contributed by atoms with E-state index in [0.29, 0.717) is 27.3 Å². The molecule has 2 aliphatic rings. The fourth-order valence-electron chi connectivity index (χ4n) is 4.24. The summed E-state index contributed by atoms with van der Waals surface area (Å²) in [4.78, 5) is 30.6. The van der Waals surface area contributed by atoms with Gasteiger partial charge in [0.1, 0.15) is 5.00 Å². The van der Waals surface area contributed by atoms with Gasteiger partial charge in [0.2, 0.25) is 0 Å². The van der Waals surface area contributed by atoms with Gasteiger partial charge >= 0.3 is 6.03 Å². The summed E-state index contributed by atoms with van der Waals surface area (Å²) in [6, 6.07) is 7.00. The lowest BCUT2D eigenvalue weighted by molar-refractivity contribution is 0.0994.